The predicted octanol–water partition coefficient (Wildman–Crippen LogP) is 10.6. The van der Waals surface area contributed by atoms with Gasteiger partial charge in [-0.15, -0.1) is 0 Å². The van der Waals surface area contributed by atoms with Gasteiger partial charge in [0.15, 0.2) is 0 Å². The van der Waals surface area contributed by atoms with E-state index >= 15 is 9.13 Å². The van der Waals surface area contributed by atoms with Gasteiger partial charge in [-0.1, -0.05) is 60.7 Å². The second-order valence-electron chi connectivity index (χ2n) is 12.7. The molecule has 40 radical (unpaired) electrons. The van der Waals surface area contributed by atoms with E-state index in [4.69, 9.17) is 0 Å². The van der Waals surface area contributed by atoms with Crippen molar-refractivity contribution in [3.63, 3.8) is 0 Å². The van der Waals surface area contributed by atoms with E-state index in [0.717, 1.165) is 45.1 Å². The molecule has 10 rings (SSSR count). The number of hydrogen-bond donors (Lipinski definition) is 0. The van der Waals surface area contributed by atoms with E-state index in [1.54, 1.807) is 0 Å². The summed E-state index contributed by atoms with van der Waals surface area (Å²) in [6, 6.07) is 19.4. The van der Waals surface area contributed by atoms with Crippen LogP contribution in [0.15, 0.2) is 60.7 Å². The van der Waals surface area contributed by atoms with Crippen LogP contribution in [0.25, 0.3) is 0 Å². The summed E-state index contributed by atoms with van der Waals surface area (Å²) in [5.74, 6) is 1.73. The van der Waals surface area contributed by atoms with Crippen molar-refractivity contribution in [3.8, 4) is 0 Å². The Labute approximate surface area is 412 Å². The van der Waals surface area contributed by atoms with Crippen LogP contribution in [0.4, 0.5) is 0 Å². The molecule has 298 valence electrons. The molecule has 0 aromatic heterocycles. The number of rotatable bonds is 7. The summed E-state index contributed by atoms with van der Waals surface area (Å²) in [6.45, 7) is 0. The van der Waals surface area contributed by atoms with Gasteiger partial charge in [-0.05, 0) is 218 Å². The van der Waals surface area contributed by atoms with E-state index in [2.05, 4.69) is 0 Å². The first-order valence-corrected chi connectivity index (χ1v) is 22.0. The van der Waals surface area contributed by atoms with E-state index < -0.39 is 14.3 Å². The van der Waals surface area contributed by atoms with Crippen LogP contribution < -0.4 is 10.6 Å². The third-order valence-electron chi connectivity index (χ3n) is 9.03. The maximum atomic E-state index is 15.0. The van der Waals surface area contributed by atoms with Crippen LogP contribution in [0, 0.1) is 253 Å². The molecule has 8 aliphatic carbocycles. The second-order valence-corrected chi connectivity index (χ2v) is 18.1. The van der Waals surface area contributed by atoms with Crippen molar-refractivity contribution in [2.45, 2.75) is 0 Å². The Morgan fingerprint density at radius 2 is 0.483 bits per heavy atom. The third-order valence-corrected chi connectivity index (χ3v) is 15.3. The molecule has 0 saturated heterocycles. The maximum absolute atomic E-state index is 15.0. The zero-order chi connectivity index (χ0) is 38.7. The minimum absolute atomic E-state index is 0. The van der Waals surface area contributed by atoms with Crippen LogP contribution >= 0.6 is 14.3 Å². The van der Waals surface area contributed by atoms with Crippen molar-refractivity contribution in [3.05, 3.63) is 313 Å². The fourth-order valence-corrected chi connectivity index (χ4v) is 12.1. The smallest absolute Gasteiger partial charge is 0.317 e. The Morgan fingerprint density at radius 1 is 0.250 bits per heavy atom. The second kappa shape index (κ2) is 31.8. The summed E-state index contributed by atoms with van der Waals surface area (Å²) < 4.78 is 30.1. The predicted molar refractivity (Wildman–Crippen MR) is 233 cm³/mol. The van der Waals surface area contributed by atoms with E-state index in [1.807, 2.05) is 279 Å². The van der Waals surface area contributed by atoms with Gasteiger partial charge < -0.3 is 9.13 Å². The topological polar surface area (TPSA) is 34.1 Å². The van der Waals surface area contributed by atoms with E-state index in [-0.39, 0.29) is 68.3 Å². The Kier molecular flexibility index (Phi) is 30.3. The Balaban J connectivity index is 0.000000421. The van der Waals surface area contributed by atoms with Crippen molar-refractivity contribution in [2.24, 2.45) is 0 Å². The van der Waals surface area contributed by atoms with Gasteiger partial charge in [0.25, 0.3) is 0 Å². The summed E-state index contributed by atoms with van der Waals surface area (Å²) >= 11 is 0. The Morgan fingerprint density at radius 3 is 0.717 bits per heavy atom. The standard InChI is InChI=1S/C32H24O2P2.4C5H5.4Fe/c33-35(27-17-7-8-18-27,25-13-3-1-4-14-25)31-23-11-21-29(31)30-22-12-24-32(30)36(34,28-19-9-10-20-28)26-15-5-2-6-16-26;4*1-2-4-5-3-1;;;;/h1-24H;4*1-5H;;;;/q;;;;;4*+2/t35-,36-;;;;;;;;/m1......../s1. The molecule has 8 saturated carbocycles. The maximum Gasteiger partial charge on any atom is 2.00 e. The van der Waals surface area contributed by atoms with Gasteiger partial charge >= 0.3 is 68.3 Å². The molecule has 2 aromatic rings. The van der Waals surface area contributed by atoms with Crippen LogP contribution in [0.1, 0.15) is 0 Å². The normalized spacial score (nSPS) is 24.2. The molecular formula is C52H44Fe4O2P2+8. The van der Waals surface area contributed by atoms with Crippen LogP contribution in [0.5, 0.6) is 0 Å². The molecule has 0 unspecified atom stereocenters. The number of benzene rings is 2. The van der Waals surface area contributed by atoms with Gasteiger partial charge in [-0.25, -0.2) is 0 Å². The molecule has 2 aromatic carbocycles. The van der Waals surface area contributed by atoms with Gasteiger partial charge in [-0.2, -0.15) is 0 Å². The quantitative estimate of drug-likeness (QED) is 0.205. The number of hydrogen-bond acceptors (Lipinski definition) is 2. The molecule has 8 aliphatic rings. The molecule has 60 heavy (non-hydrogen) atoms. The van der Waals surface area contributed by atoms with E-state index in [9.17, 15) is 0 Å². The summed E-state index contributed by atoms with van der Waals surface area (Å²) in [5.41, 5.74) is 3.15. The summed E-state index contributed by atoms with van der Waals surface area (Å²) in [5, 5.41) is 1.58. The molecule has 0 aliphatic heterocycles. The van der Waals surface area contributed by atoms with Gasteiger partial charge in [0, 0.05) is 33.8 Å². The molecule has 8 fully saturated rings. The average Bonchev–Trinajstić information content (AvgIpc) is 4.14. The molecule has 0 heterocycles. The molecule has 0 N–H and O–H groups in total. The first kappa shape index (κ1) is 57.1. The largest absolute Gasteiger partial charge is 2.00 e. The van der Waals surface area contributed by atoms with Crippen molar-refractivity contribution in [1.82, 2.24) is 0 Å². The molecule has 0 bridgehead atoms. The minimum Gasteiger partial charge on any atom is -0.317 e. The van der Waals surface area contributed by atoms with Crippen LogP contribution in [-0.2, 0) is 77.4 Å². The van der Waals surface area contributed by atoms with Crippen molar-refractivity contribution >= 4 is 24.9 Å². The van der Waals surface area contributed by atoms with Gasteiger partial charge in [0.2, 0.25) is 0 Å². The van der Waals surface area contributed by atoms with Gasteiger partial charge in [0.05, 0.1) is 11.3 Å². The Hall–Kier alpha value is 0.978. The van der Waals surface area contributed by atoms with E-state index in [1.165, 1.54) is 0 Å². The van der Waals surface area contributed by atoms with Crippen molar-refractivity contribution < 1.29 is 77.4 Å². The SMILES string of the molecule is O=[P@]([C]1[CH][CH][CH][CH]1)([C]1[CH][CH][CH][C]1[C]1[CH][CH][CH][C]1[P@](=O)([C]1[CH][CH][CH][CH]1)c1ccccc1)c1ccccc1.[CH]1[CH][CH][CH][CH]1.[CH]1[CH][CH][CH][CH]1.[CH]1[CH][CH][CH][CH]1.[CH]1[CH][CH][CH][CH]1.[Fe+2].[Fe+2].[Fe+2].[Fe+2]. The van der Waals surface area contributed by atoms with Gasteiger partial charge in [0.1, 0.15) is 14.3 Å². The molecule has 2 atom stereocenters. The molecule has 8 heteroatoms. The van der Waals surface area contributed by atoms with E-state index in [0.29, 0.717) is 0 Å². The summed E-state index contributed by atoms with van der Waals surface area (Å²) in [7, 11) is -6.31. The summed E-state index contributed by atoms with van der Waals surface area (Å²) in [6.07, 6.45) is 67.3. The fourth-order valence-electron chi connectivity index (χ4n) is 6.39. The molecule has 0 amide bonds. The average molecular weight is 986 g/mol. The van der Waals surface area contributed by atoms with Crippen LogP contribution in [0.2, 0.25) is 0 Å². The third kappa shape index (κ3) is 16.1. The van der Waals surface area contributed by atoms with Crippen LogP contribution in [0.3, 0.4) is 0 Å². The van der Waals surface area contributed by atoms with Crippen molar-refractivity contribution in [2.75, 3.05) is 0 Å². The van der Waals surface area contributed by atoms with Gasteiger partial charge in [-0.3, -0.25) is 0 Å². The molecule has 2 nitrogen and oxygen atoms in total. The first-order chi connectivity index (χ1) is 27.6. The van der Waals surface area contributed by atoms with Crippen molar-refractivity contribution in [1.29, 1.82) is 0 Å². The first-order valence-electron chi connectivity index (χ1n) is 18.6. The summed E-state index contributed by atoms with van der Waals surface area (Å²) in [4.78, 5) is 0. The zero-order valence-electron chi connectivity index (χ0n) is 32.5. The van der Waals surface area contributed by atoms with Crippen LogP contribution in [-0.4, -0.2) is 0 Å². The monoisotopic (exact) mass is 986 g/mol. The minimum atomic E-state index is -3.15. The zero-order valence-corrected chi connectivity index (χ0v) is 38.7. The molecule has 0 spiro atoms. The Bertz CT molecular complexity index is 1270. The molecular weight excluding hydrogens is 942 g/mol. The fraction of sp³-hybridized carbons (Fsp3) is 0.